The summed E-state index contributed by atoms with van der Waals surface area (Å²) in [6, 6.07) is 0. The van der Waals surface area contributed by atoms with Gasteiger partial charge in [0.1, 0.15) is 3.84 Å². The highest BCUT2D eigenvalue weighted by atomic mass is 127. The summed E-state index contributed by atoms with van der Waals surface area (Å²) < 4.78 is -0.152. The van der Waals surface area contributed by atoms with Crippen LogP contribution in [0, 0.1) is 0 Å². The van der Waals surface area contributed by atoms with E-state index >= 15 is 0 Å². The van der Waals surface area contributed by atoms with Gasteiger partial charge in [0.2, 0.25) is 0 Å². The van der Waals surface area contributed by atoms with Gasteiger partial charge in [0.05, 0.1) is 0 Å². The van der Waals surface area contributed by atoms with E-state index in [-0.39, 0.29) is 3.84 Å². The Morgan fingerprint density at radius 1 is 0.571 bits per heavy atom. The maximum Gasteiger partial charge on any atom is 0.150 e. The quantitative estimate of drug-likeness (QED) is 0.194. The average Bonchev–Trinajstić information content (AvgIpc) is 1.81. The lowest BCUT2D eigenvalue weighted by Gasteiger charge is -2.45. The van der Waals surface area contributed by atoms with E-state index in [4.69, 9.17) is 5.73 Å². The predicted molar refractivity (Wildman–Crippen MR) is 141 cm³/mol. The van der Waals surface area contributed by atoms with Crippen molar-refractivity contribution in [1.29, 1.82) is 0 Å². The van der Waals surface area contributed by atoms with Crippen molar-refractivity contribution >= 4 is 203 Å². The molecule has 0 radical (unpaired) electrons. The number of nitrogens with two attached hydrogens (primary N) is 1. The first-order valence-electron chi connectivity index (χ1n) is 2.74. The minimum absolute atomic E-state index is 0.0403. The van der Waals surface area contributed by atoms with Crippen LogP contribution in [0.3, 0.4) is 0 Å². The molecule has 14 heavy (non-hydrogen) atoms. The molecule has 1 nitrogen and oxygen atoms in total. The molecule has 0 saturated heterocycles. The molecule has 0 bridgehead atoms. The molecular formula is C4H2I9N. The van der Waals surface area contributed by atoms with E-state index in [1.165, 1.54) is 0 Å². The number of rotatable bonds is 3. The Morgan fingerprint density at radius 2 is 0.857 bits per heavy atom. The van der Waals surface area contributed by atoms with Crippen LogP contribution in [-0.2, 0) is 0 Å². The summed E-state index contributed by atoms with van der Waals surface area (Å²) in [4.78, 5) is 0. The van der Waals surface area contributed by atoms with Gasteiger partial charge in [0.25, 0.3) is 0 Å². The second kappa shape index (κ2) is 7.19. The fraction of sp³-hybridized carbons (Fsp3) is 1.00. The smallest absolute Gasteiger partial charge is 0.150 e. The lowest BCUT2D eigenvalue weighted by Crippen LogP contribution is -2.56. The highest BCUT2D eigenvalue weighted by Crippen LogP contribution is 2.68. The summed E-state index contributed by atoms with van der Waals surface area (Å²) >= 11 is 22.0. The normalized spacial score (nSPS) is 15.9. The maximum atomic E-state index is 6.23. The minimum Gasteiger partial charge on any atom is -0.307 e. The van der Waals surface area contributed by atoms with Crippen LogP contribution < -0.4 is 5.73 Å². The molecule has 0 atom stereocenters. The van der Waals surface area contributed by atoms with Gasteiger partial charge in [-0.1, -0.05) is 158 Å². The van der Waals surface area contributed by atoms with Crippen molar-refractivity contribution in [3.63, 3.8) is 0 Å². The minimum atomic E-state index is -0.279. The summed E-state index contributed by atoms with van der Waals surface area (Å²) in [5.41, 5.74) is 6.23. The first kappa shape index (κ1) is 20.5. The number of hydrogen-bond donors (Lipinski definition) is 1. The van der Waals surface area contributed by atoms with Gasteiger partial charge in [-0.25, -0.2) is 0 Å². The first-order valence-corrected chi connectivity index (χ1v) is 12.4. The first-order chi connectivity index (χ1) is 5.75. The summed E-state index contributed by atoms with van der Waals surface area (Å²) in [7, 11) is 0. The van der Waals surface area contributed by atoms with Crippen molar-refractivity contribution in [2.75, 3.05) is 0 Å². The highest BCUT2D eigenvalue weighted by molar-refractivity contribution is 14.3. The van der Waals surface area contributed by atoms with Gasteiger partial charge in [0, 0.05) is 0 Å². The van der Waals surface area contributed by atoms with E-state index in [2.05, 4.69) is 203 Å². The Labute approximate surface area is 207 Å². The van der Waals surface area contributed by atoms with E-state index in [9.17, 15) is 0 Å². The van der Waals surface area contributed by atoms with E-state index < -0.39 is 0 Å². The molecule has 86 valence electrons. The number of hydrogen-bond acceptors (Lipinski definition) is 1. The van der Waals surface area contributed by atoms with Gasteiger partial charge in [-0.2, -0.15) is 0 Å². The SMILES string of the molecule is NC(I)(I)C(I)(I)C(I)(I)C(I)(I)I. The van der Waals surface area contributed by atoms with Crippen molar-refractivity contribution < 1.29 is 0 Å². The fourth-order valence-corrected chi connectivity index (χ4v) is 9.23. The number of halogens is 9. The van der Waals surface area contributed by atoms with Crippen LogP contribution in [0.15, 0.2) is 0 Å². The van der Waals surface area contributed by atoms with E-state index in [1.807, 2.05) is 0 Å². The Balaban J connectivity index is 5.30. The lowest BCUT2D eigenvalue weighted by molar-refractivity contribution is 0.810. The lowest BCUT2D eigenvalue weighted by atomic mass is 10.3. The largest absolute Gasteiger partial charge is 0.307 e. The second-order valence-corrected chi connectivity index (χ2v) is 29.4. The Bertz CT molecular complexity index is 186. The third-order valence-corrected chi connectivity index (χ3v) is 26.2. The third-order valence-electron chi connectivity index (χ3n) is 1.17. The Morgan fingerprint density at radius 3 is 0.929 bits per heavy atom. The summed E-state index contributed by atoms with van der Waals surface area (Å²) in [5.74, 6) is 0. The molecule has 2 N–H and O–H groups in total. The molecule has 0 spiro atoms. The Kier molecular flexibility index (Phi) is 10.6. The molecule has 0 saturated carbocycles. The van der Waals surface area contributed by atoms with E-state index in [0.29, 0.717) is 0 Å². The van der Waals surface area contributed by atoms with E-state index in [1.54, 1.807) is 0 Å². The van der Waals surface area contributed by atoms with Gasteiger partial charge in [0.15, 0.2) is 0 Å². The maximum absolute atomic E-state index is 6.23. The topological polar surface area (TPSA) is 26.0 Å². The molecule has 0 aromatic heterocycles. The highest BCUT2D eigenvalue weighted by Gasteiger charge is 2.62. The van der Waals surface area contributed by atoms with Crippen LogP contribution in [0.25, 0.3) is 0 Å². The zero-order chi connectivity index (χ0) is 12.0. The zero-order valence-corrected chi connectivity index (χ0v) is 25.4. The average molecular weight is 1210 g/mol. The standard InChI is InChI=1S/C4H2I9N/c5-1(6,3(9,10)11)2(7,8)4(12,13)14/h14H2. The van der Waals surface area contributed by atoms with Gasteiger partial charge in [-0.15, -0.1) is 0 Å². The molecule has 0 aromatic rings. The summed E-state index contributed by atoms with van der Waals surface area (Å²) in [5, 5.41) is 0. The van der Waals surface area contributed by atoms with Gasteiger partial charge >= 0.3 is 0 Å². The molecule has 0 fully saturated rings. The van der Waals surface area contributed by atoms with Crippen LogP contribution >= 0.6 is 203 Å². The molecule has 0 amide bonds. The fourth-order valence-electron chi connectivity index (χ4n) is 0.387. The van der Waals surface area contributed by atoms with E-state index in [0.717, 1.165) is 0 Å². The predicted octanol–water partition coefficient (Wildman–Crippen LogP) is 6.56. The molecule has 0 aliphatic rings. The zero-order valence-electron chi connectivity index (χ0n) is 5.98. The molecule has 0 unspecified atom stereocenters. The van der Waals surface area contributed by atoms with Crippen molar-refractivity contribution in [2.45, 2.75) is 3.84 Å². The van der Waals surface area contributed by atoms with Crippen LogP contribution in [0.1, 0.15) is 0 Å². The van der Waals surface area contributed by atoms with Crippen molar-refractivity contribution in [3.8, 4) is 0 Å². The van der Waals surface area contributed by atoms with Crippen LogP contribution in [0.5, 0.6) is 0 Å². The summed E-state index contributed by atoms with van der Waals surface area (Å²) in [6.07, 6.45) is 0. The van der Waals surface area contributed by atoms with Crippen molar-refractivity contribution in [1.82, 2.24) is 0 Å². The Hall–Kier alpha value is 6.53. The van der Waals surface area contributed by atoms with Gasteiger partial charge < -0.3 is 5.73 Å². The molecular weight excluding hydrogens is 1200 g/mol. The second-order valence-electron chi connectivity index (χ2n) is 2.27. The molecule has 0 heterocycles. The molecule has 0 aliphatic carbocycles. The van der Waals surface area contributed by atoms with Crippen LogP contribution in [0.2, 0.25) is 0 Å². The van der Waals surface area contributed by atoms with Gasteiger partial charge in [-0.05, 0) is 45.2 Å². The van der Waals surface area contributed by atoms with Crippen LogP contribution in [-0.4, -0.2) is 3.84 Å². The third kappa shape index (κ3) is 5.06. The molecule has 10 heteroatoms. The monoisotopic (exact) mass is 1210 g/mol. The summed E-state index contributed by atoms with van der Waals surface area (Å²) in [6.45, 7) is 0. The van der Waals surface area contributed by atoms with Gasteiger partial charge in [-0.3, -0.25) is 0 Å². The van der Waals surface area contributed by atoms with Crippen molar-refractivity contribution in [2.24, 2.45) is 5.73 Å². The number of alkyl halides is 9. The van der Waals surface area contributed by atoms with Crippen LogP contribution in [0.4, 0.5) is 0 Å². The molecule has 0 aromatic carbocycles. The molecule has 0 rings (SSSR count). The molecule has 0 aliphatic heterocycles. The van der Waals surface area contributed by atoms with Crippen molar-refractivity contribution in [3.05, 3.63) is 0 Å².